The van der Waals surface area contributed by atoms with Gasteiger partial charge in [0, 0.05) is 12.1 Å². The molecule has 0 fully saturated rings. The van der Waals surface area contributed by atoms with Crippen LogP contribution >= 0.6 is 23.1 Å². The molecule has 1 aliphatic rings. The normalized spacial score (nSPS) is 14.3. The molecule has 45 heavy (non-hydrogen) atoms. The number of nitrogens with zero attached hydrogens (tertiary/aromatic N) is 5. The minimum atomic E-state index is -0.352. The summed E-state index contributed by atoms with van der Waals surface area (Å²) in [4.78, 5) is 27.2. The van der Waals surface area contributed by atoms with Gasteiger partial charge >= 0.3 is 0 Å². The number of nitrogens with one attached hydrogen (secondary N) is 1. The lowest BCUT2D eigenvalue weighted by Crippen LogP contribution is -2.29. The average Bonchev–Trinajstić information content (AvgIpc) is 3.83. The van der Waals surface area contributed by atoms with Crippen molar-refractivity contribution in [2.45, 2.75) is 31.1 Å². The average molecular weight is 641 g/mol. The first-order valence-corrected chi connectivity index (χ1v) is 16.1. The molecule has 1 aliphatic heterocycles. The Morgan fingerprint density at radius 3 is 2.60 bits per heavy atom. The fourth-order valence-electron chi connectivity index (χ4n) is 4.90. The summed E-state index contributed by atoms with van der Waals surface area (Å²) in [5, 5.41) is 20.3. The van der Waals surface area contributed by atoms with Gasteiger partial charge in [-0.25, -0.2) is 9.40 Å². The van der Waals surface area contributed by atoms with E-state index in [0.29, 0.717) is 23.2 Å². The first kappa shape index (κ1) is 30.2. The molecule has 9 nitrogen and oxygen atoms in total. The molecule has 3 heterocycles. The van der Waals surface area contributed by atoms with Crippen LogP contribution in [0, 0.1) is 12.7 Å². The molecule has 2 amide bonds. The van der Waals surface area contributed by atoms with Crippen LogP contribution in [0.2, 0.25) is 0 Å². The number of hydrazone groups is 1. The lowest BCUT2D eigenvalue weighted by Gasteiger charge is -2.22. The van der Waals surface area contributed by atoms with Crippen molar-refractivity contribution in [1.82, 2.24) is 25.1 Å². The molecule has 12 heteroatoms. The quantitative estimate of drug-likeness (QED) is 0.179. The van der Waals surface area contributed by atoms with Crippen molar-refractivity contribution >= 4 is 40.6 Å². The zero-order valence-electron chi connectivity index (χ0n) is 24.3. The maximum Gasteiger partial charge on any atom is 0.258 e. The van der Waals surface area contributed by atoms with E-state index in [0.717, 1.165) is 27.4 Å². The fraction of sp³-hybridized carbons (Fsp3) is 0.182. The van der Waals surface area contributed by atoms with Gasteiger partial charge in [0.05, 0.1) is 28.9 Å². The number of amides is 2. The summed E-state index contributed by atoms with van der Waals surface area (Å²) in [5.74, 6) is 0.295. The maximum absolute atomic E-state index is 13.7. The van der Waals surface area contributed by atoms with Gasteiger partial charge in [-0.2, -0.15) is 5.10 Å². The Labute approximate surface area is 267 Å². The predicted octanol–water partition coefficient (Wildman–Crippen LogP) is 5.94. The van der Waals surface area contributed by atoms with Crippen molar-refractivity contribution in [1.29, 1.82) is 0 Å². The van der Waals surface area contributed by atoms with E-state index in [1.165, 1.54) is 28.9 Å². The van der Waals surface area contributed by atoms with Gasteiger partial charge in [-0.15, -0.1) is 21.5 Å². The molecule has 2 aromatic heterocycles. The molecule has 0 aliphatic carbocycles. The van der Waals surface area contributed by atoms with E-state index in [2.05, 4.69) is 15.5 Å². The molecule has 5 aromatic rings. The van der Waals surface area contributed by atoms with E-state index in [-0.39, 0.29) is 42.6 Å². The van der Waals surface area contributed by atoms with Crippen LogP contribution in [0.5, 0.6) is 5.75 Å². The molecule has 0 unspecified atom stereocenters. The van der Waals surface area contributed by atoms with Crippen LogP contribution in [0.3, 0.4) is 0 Å². The maximum atomic E-state index is 13.7. The number of aryl methyl sites for hydroxylation is 1. The number of carbonyl (C=O) groups excluding carboxylic acids is 2. The monoisotopic (exact) mass is 640 g/mol. The van der Waals surface area contributed by atoms with E-state index in [1.807, 2.05) is 71.5 Å². The van der Waals surface area contributed by atoms with E-state index in [1.54, 1.807) is 35.6 Å². The van der Waals surface area contributed by atoms with E-state index in [4.69, 9.17) is 9.84 Å². The summed E-state index contributed by atoms with van der Waals surface area (Å²) >= 11 is 2.80. The van der Waals surface area contributed by atoms with Crippen molar-refractivity contribution in [3.05, 3.63) is 124 Å². The highest BCUT2D eigenvalue weighted by molar-refractivity contribution is 7.99. The minimum absolute atomic E-state index is 0.0418. The smallest absolute Gasteiger partial charge is 0.258 e. The zero-order chi connectivity index (χ0) is 31.2. The molecule has 6 rings (SSSR count). The standard InChI is InChI=1S/C33H29FN6O3S2/c1-22-7-5-8-25(17-22)39-30(19-35-31(41)20-43-26-9-3-2-4-10-26)36-37-33(39)45-21-32(42)40-28(23-12-14-24(34)15-13-23)18-27(38-40)29-11-6-16-44-29/h2-17,28H,18-21H2,1H3,(H,35,41)/t28-/m0/s1. The van der Waals surface area contributed by atoms with Crippen molar-refractivity contribution in [2.75, 3.05) is 12.4 Å². The van der Waals surface area contributed by atoms with Gasteiger partial charge in [-0.05, 0) is 65.9 Å². The molecule has 3 aromatic carbocycles. The number of para-hydroxylation sites is 1. The molecule has 228 valence electrons. The van der Waals surface area contributed by atoms with Crippen molar-refractivity contribution in [3.63, 3.8) is 0 Å². The van der Waals surface area contributed by atoms with Gasteiger partial charge in [-0.1, -0.05) is 60.3 Å². The van der Waals surface area contributed by atoms with Crippen molar-refractivity contribution in [2.24, 2.45) is 5.10 Å². The summed E-state index contributed by atoms with van der Waals surface area (Å²) in [5.41, 5.74) is 3.47. The second-order valence-electron chi connectivity index (χ2n) is 10.3. The second kappa shape index (κ2) is 13.9. The SMILES string of the molecule is Cc1cccc(-n2c(CNC(=O)COc3ccccc3)nnc2SCC(=O)N2N=C(c3cccs3)C[C@H]2c2ccc(F)cc2)c1. The molecule has 0 spiro atoms. The number of aromatic nitrogens is 3. The molecular weight excluding hydrogens is 612 g/mol. The second-order valence-corrected chi connectivity index (χ2v) is 12.2. The van der Waals surface area contributed by atoms with Gasteiger partial charge in [0.1, 0.15) is 11.6 Å². The lowest BCUT2D eigenvalue weighted by molar-refractivity contribution is -0.130. The minimum Gasteiger partial charge on any atom is -0.484 e. The third-order valence-electron chi connectivity index (χ3n) is 7.07. The van der Waals surface area contributed by atoms with Crippen molar-refractivity contribution < 1.29 is 18.7 Å². The highest BCUT2D eigenvalue weighted by Gasteiger charge is 2.33. The number of thiophene rings is 1. The number of rotatable bonds is 11. The van der Waals surface area contributed by atoms with Crippen LogP contribution in [0.15, 0.2) is 107 Å². The zero-order valence-corrected chi connectivity index (χ0v) is 25.9. The molecule has 1 atom stereocenters. The van der Waals surface area contributed by atoms with Gasteiger partial charge in [0.25, 0.3) is 11.8 Å². The summed E-state index contributed by atoms with van der Waals surface area (Å²) in [6.07, 6.45) is 0.528. The number of thioether (sulfide) groups is 1. The number of hydrogen-bond donors (Lipinski definition) is 1. The first-order valence-electron chi connectivity index (χ1n) is 14.2. The number of benzene rings is 3. The Kier molecular flexibility index (Phi) is 9.32. The van der Waals surface area contributed by atoms with Crippen molar-refractivity contribution in [3.8, 4) is 11.4 Å². The van der Waals surface area contributed by atoms with E-state index < -0.39 is 0 Å². The molecule has 0 radical (unpaired) electrons. The van der Waals surface area contributed by atoms with Gasteiger partial charge in [0.2, 0.25) is 0 Å². The van der Waals surface area contributed by atoms with Crippen LogP contribution in [-0.4, -0.2) is 49.7 Å². The molecule has 0 saturated carbocycles. The number of halogens is 1. The predicted molar refractivity (Wildman–Crippen MR) is 172 cm³/mol. The van der Waals surface area contributed by atoms with E-state index >= 15 is 0 Å². The first-order chi connectivity index (χ1) is 21.9. The summed E-state index contributed by atoms with van der Waals surface area (Å²) in [6.45, 7) is 1.95. The third-order valence-corrected chi connectivity index (χ3v) is 8.90. The highest BCUT2D eigenvalue weighted by atomic mass is 32.2. The van der Waals surface area contributed by atoms with Crippen LogP contribution in [0.4, 0.5) is 4.39 Å². The molecular formula is C33H29FN6O3S2. The van der Waals surface area contributed by atoms with Crippen LogP contribution in [0.1, 0.15) is 34.3 Å². The Bertz CT molecular complexity index is 1810. The van der Waals surface area contributed by atoms with Gasteiger partial charge in [-0.3, -0.25) is 14.2 Å². The number of hydrogen-bond acceptors (Lipinski definition) is 8. The third kappa shape index (κ3) is 7.30. The summed E-state index contributed by atoms with van der Waals surface area (Å²) < 4.78 is 21.1. The molecule has 0 saturated heterocycles. The summed E-state index contributed by atoms with van der Waals surface area (Å²) in [7, 11) is 0. The number of carbonyl (C=O) groups is 2. The Hall–Kier alpha value is -4.81. The Morgan fingerprint density at radius 2 is 1.84 bits per heavy atom. The lowest BCUT2D eigenvalue weighted by atomic mass is 10.0. The van der Waals surface area contributed by atoms with Crippen LogP contribution < -0.4 is 10.1 Å². The summed E-state index contributed by atoms with van der Waals surface area (Å²) in [6, 6.07) is 26.7. The van der Waals surface area contributed by atoms with Crippen LogP contribution in [0.25, 0.3) is 5.69 Å². The number of ether oxygens (including phenoxy) is 1. The van der Waals surface area contributed by atoms with Crippen LogP contribution in [-0.2, 0) is 16.1 Å². The van der Waals surface area contributed by atoms with Gasteiger partial charge < -0.3 is 10.1 Å². The topological polar surface area (TPSA) is 102 Å². The molecule has 0 bridgehead atoms. The fourth-order valence-corrected chi connectivity index (χ4v) is 6.44. The Morgan fingerprint density at radius 1 is 1.02 bits per heavy atom. The Balaban J connectivity index is 1.19. The largest absolute Gasteiger partial charge is 0.484 e. The van der Waals surface area contributed by atoms with Gasteiger partial charge in [0.15, 0.2) is 17.6 Å². The van der Waals surface area contributed by atoms with E-state index in [9.17, 15) is 14.0 Å². The highest BCUT2D eigenvalue weighted by Crippen LogP contribution is 2.35. The molecule has 1 N–H and O–H groups in total.